The first-order valence-corrected chi connectivity index (χ1v) is 7.25. The molecule has 0 aliphatic carbocycles. The van der Waals surface area contributed by atoms with Gasteiger partial charge in [0.1, 0.15) is 11.6 Å². The lowest BCUT2D eigenvalue weighted by Crippen LogP contribution is -2.06. The van der Waals surface area contributed by atoms with Gasteiger partial charge in [-0.05, 0) is 35.3 Å². The van der Waals surface area contributed by atoms with E-state index in [9.17, 15) is 4.39 Å². The van der Waals surface area contributed by atoms with Crippen molar-refractivity contribution < 1.29 is 9.13 Å². The number of alkyl halides is 1. The molecule has 1 unspecified atom stereocenters. The summed E-state index contributed by atoms with van der Waals surface area (Å²) in [6, 6.07) is 3.17. The Morgan fingerprint density at radius 2 is 2.26 bits per heavy atom. The fraction of sp³-hybridized carbons (Fsp3) is 0.462. The Morgan fingerprint density at radius 3 is 2.89 bits per heavy atom. The fourth-order valence-corrected chi connectivity index (χ4v) is 2.54. The Kier molecular flexibility index (Phi) is 4.81. The number of rotatable bonds is 5. The highest BCUT2D eigenvalue weighted by Crippen LogP contribution is 2.28. The number of imidazole rings is 1. The van der Waals surface area contributed by atoms with E-state index < -0.39 is 0 Å². The van der Waals surface area contributed by atoms with E-state index in [1.807, 2.05) is 11.5 Å². The van der Waals surface area contributed by atoms with Gasteiger partial charge in [-0.1, -0.05) is 0 Å². The predicted octanol–water partition coefficient (Wildman–Crippen LogP) is 4.27. The lowest BCUT2D eigenvalue weighted by atomic mass is 10.3. The van der Waals surface area contributed by atoms with Crippen molar-refractivity contribution in [3.05, 3.63) is 28.2 Å². The van der Waals surface area contributed by atoms with Crippen LogP contribution in [0, 0.1) is 5.82 Å². The first kappa shape index (κ1) is 14.8. The number of aryl methyl sites for hydroxylation is 1. The summed E-state index contributed by atoms with van der Waals surface area (Å²) >= 11 is 9.33. The molecule has 0 radical (unpaired) electrons. The summed E-state index contributed by atoms with van der Waals surface area (Å²) < 4.78 is 21.1. The minimum Gasteiger partial charge on any atom is -0.385 e. The zero-order valence-electron chi connectivity index (χ0n) is 10.8. The number of aromatic nitrogens is 2. The highest BCUT2D eigenvalue weighted by molar-refractivity contribution is 9.10. The van der Waals surface area contributed by atoms with Crippen molar-refractivity contribution in [1.29, 1.82) is 0 Å². The Balaban J connectivity index is 2.49. The van der Waals surface area contributed by atoms with Crippen molar-refractivity contribution in [2.24, 2.45) is 0 Å². The van der Waals surface area contributed by atoms with Crippen LogP contribution < -0.4 is 0 Å². The molecule has 0 saturated heterocycles. The largest absolute Gasteiger partial charge is 0.385 e. The molecule has 0 aliphatic rings. The van der Waals surface area contributed by atoms with Crippen molar-refractivity contribution in [1.82, 2.24) is 9.55 Å². The van der Waals surface area contributed by atoms with Crippen LogP contribution in [-0.2, 0) is 11.3 Å². The van der Waals surface area contributed by atoms with E-state index >= 15 is 0 Å². The lowest BCUT2D eigenvalue weighted by Gasteiger charge is -2.10. The van der Waals surface area contributed by atoms with E-state index in [1.165, 1.54) is 6.07 Å². The van der Waals surface area contributed by atoms with E-state index in [0.29, 0.717) is 17.6 Å². The molecule has 0 amide bonds. The maximum atomic E-state index is 13.7. The third-order valence-electron chi connectivity index (χ3n) is 2.91. The Labute approximate surface area is 124 Å². The molecule has 19 heavy (non-hydrogen) atoms. The second-order valence-electron chi connectivity index (χ2n) is 4.34. The van der Waals surface area contributed by atoms with Gasteiger partial charge < -0.3 is 9.30 Å². The molecule has 1 heterocycles. The van der Waals surface area contributed by atoms with Crippen LogP contribution in [0.2, 0.25) is 0 Å². The molecule has 1 atom stereocenters. The van der Waals surface area contributed by atoms with E-state index in [4.69, 9.17) is 16.3 Å². The molecule has 3 nitrogen and oxygen atoms in total. The Morgan fingerprint density at radius 1 is 1.53 bits per heavy atom. The maximum Gasteiger partial charge on any atom is 0.139 e. The minimum atomic E-state index is -0.297. The topological polar surface area (TPSA) is 27.1 Å². The molecule has 6 heteroatoms. The summed E-state index contributed by atoms with van der Waals surface area (Å²) in [5.74, 6) is 0.458. The third kappa shape index (κ3) is 3.09. The molecule has 0 fully saturated rings. The van der Waals surface area contributed by atoms with Crippen LogP contribution in [0.5, 0.6) is 0 Å². The van der Waals surface area contributed by atoms with Crippen LogP contribution in [-0.4, -0.2) is 23.3 Å². The number of halogens is 3. The number of fused-ring (bicyclic) bond motifs is 1. The lowest BCUT2D eigenvalue weighted by molar-refractivity contribution is 0.190. The molecule has 0 spiro atoms. The summed E-state index contributed by atoms with van der Waals surface area (Å²) in [4.78, 5) is 4.49. The van der Waals surface area contributed by atoms with Crippen molar-refractivity contribution in [2.75, 3.05) is 13.7 Å². The van der Waals surface area contributed by atoms with Crippen LogP contribution >= 0.6 is 27.5 Å². The van der Waals surface area contributed by atoms with E-state index in [-0.39, 0.29) is 11.2 Å². The third-order valence-corrected chi connectivity index (χ3v) is 3.71. The fourth-order valence-electron chi connectivity index (χ4n) is 2.04. The summed E-state index contributed by atoms with van der Waals surface area (Å²) in [6.07, 6.45) is 0.830. The first-order chi connectivity index (χ1) is 9.04. The standard InChI is InChI=1S/C13H15BrClFN2O/c1-8(15)13-17-11-6-9(14)10(16)7-12(11)18(13)4-3-5-19-2/h6-8H,3-5H2,1-2H3. The molecule has 0 bridgehead atoms. The SMILES string of the molecule is COCCCn1c(C(C)Cl)nc2cc(Br)c(F)cc21. The van der Waals surface area contributed by atoms with Gasteiger partial charge in [0, 0.05) is 26.3 Å². The monoisotopic (exact) mass is 348 g/mol. The predicted molar refractivity (Wildman–Crippen MR) is 78.2 cm³/mol. The zero-order valence-corrected chi connectivity index (χ0v) is 13.1. The summed E-state index contributed by atoms with van der Waals surface area (Å²) in [6.45, 7) is 3.22. The number of methoxy groups -OCH3 is 1. The number of benzene rings is 1. The van der Waals surface area contributed by atoms with Crippen LogP contribution in [0.25, 0.3) is 11.0 Å². The Hall–Kier alpha value is -0.650. The van der Waals surface area contributed by atoms with Gasteiger partial charge in [-0.15, -0.1) is 11.6 Å². The molecule has 1 aromatic carbocycles. The molecule has 104 valence electrons. The zero-order chi connectivity index (χ0) is 14.0. The maximum absolute atomic E-state index is 13.7. The molecular formula is C13H15BrClFN2O. The normalized spacial score (nSPS) is 13.1. The first-order valence-electron chi connectivity index (χ1n) is 6.02. The van der Waals surface area contributed by atoms with Gasteiger partial charge >= 0.3 is 0 Å². The highest BCUT2D eigenvalue weighted by Gasteiger charge is 2.16. The summed E-state index contributed by atoms with van der Waals surface area (Å²) in [5.41, 5.74) is 1.51. The van der Waals surface area contributed by atoms with Crippen molar-refractivity contribution in [3.63, 3.8) is 0 Å². The Bertz CT molecular complexity index is 586. The quantitative estimate of drug-likeness (QED) is 0.595. The average molecular weight is 350 g/mol. The van der Waals surface area contributed by atoms with Crippen molar-refractivity contribution in [2.45, 2.75) is 25.3 Å². The smallest absolute Gasteiger partial charge is 0.139 e. The summed E-state index contributed by atoms with van der Waals surface area (Å²) in [5, 5.41) is -0.225. The van der Waals surface area contributed by atoms with Gasteiger partial charge in [0.15, 0.2) is 0 Å². The van der Waals surface area contributed by atoms with Crippen LogP contribution in [0.15, 0.2) is 16.6 Å². The average Bonchev–Trinajstić information content (AvgIpc) is 2.69. The van der Waals surface area contributed by atoms with Gasteiger partial charge in [-0.25, -0.2) is 9.37 Å². The van der Waals surface area contributed by atoms with E-state index in [0.717, 1.165) is 23.3 Å². The molecule has 2 aromatic rings. The van der Waals surface area contributed by atoms with Crippen molar-refractivity contribution in [3.8, 4) is 0 Å². The van der Waals surface area contributed by atoms with Gasteiger partial charge in [0.25, 0.3) is 0 Å². The molecular weight excluding hydrogens is 335 g/mol. The molecule has 2 rings (SSSR count). The molecule has 0 N–H and O–H groups in total. The van der Waals surface area contributed by atoms with Crippen LogP contribution in [0.1, 0.15) is 24.5 Å². The van der Waals surface area contributed by atoms with Gasteiger partial charge in [0.05, 0.1) is 20.9 Å². The summed E-state index contributed by atoms with van der Waals surface area (Å²) in [7, 11) is 1.66. The minimum absolute atomic E-state index is 0.225. The number of ether oxygens (including phenoxy) is 1. The second-order valence-corrected chi connectivity index (χ2v) is 5.85. The van der Waals surface area contributed by atoms with E-state index in [2.05, 4.69) is 20.9 Å². The second kappa shape index (κ2) is 6.20. The number of hydrogen-bond donors (Lipinski definition) is 0. The molecule has 1 aromatic heterocycles. The number of hydrogen-bond acceptors (Lipinski definition) is 2. The van der Waals surface area contributed by atoms with Crippen LogP contribution in [0.3, 0.4) is 0 Å². The van der Waals surface area contributed by atoms with E-state index in [1.54, 1.807) is 13.2 Å². The van der Waals surface area contributed by atoms with Gasteiger partial charge in [-0.3, -0.25) is 0 Å². The highest BCUT2D eigenvalue weighted by atomic mass is 79.9. The molecule has 0 saturated carbocycles. The van der Waals surface area contributed by atoms with Gasteiger partial charge in [-0.2, -0.15) is 0 Å². The van der Waals surface area contributed by atoms with Crippen LogP contribution in [0.4, 0.5) is 4.39 Å². The van der Waals surface area contributed by atoms with Crippen molar-refractivity contribution >= 4 is 38.6 Å². The molecule has 0 aliphatic heterocycles. The number of nitrogens with zero attached hydrogens (tertiary/aromatic N) is 2. The van der Waals surface area contributed by atoms with Gasteiger partial charge in [0.2, 0.25) is 0 Å².